The van der Waals surface area contributed by atoms with Crippen LogP contribution in [-0.2, 0) is 11.2 Å². The van der Waals surface area contributed by atoms with Crippen LogP contribution in [0.3, 0.4) is 0 Å². The first-order chi connectivity index (χ1) is 15.1. The van der Waals surface area contributed by atoms with Crippen molar-refractivity contribution in [3.8, 4) is 5.75 Å². The summed E-state index contributed by atoms with van der Waals surface area (Å²) in [6, 6.07) is 22.8. The van der Waals surface area contributed by atoms with Crippen LogP contribution in [0.5, 0.6) is 5.75 Å². The van der Waals surface area contributed by atoms with E-state index in [0.717, 1.165) is 29.1 Å². The minimum Gasteiger partial charge on any atom is -0.497 e. The molecule has 0 spiro atoms. The maximum Gasteiger partial charge on any atom is 0.255 e. The van der Waals surface area contributed by atoms with Crippen molar-refractivity contribution in [1.82, 2.24) is 0 Å². The SMILES string of the molecule is CCc1ccc(C(=O)Nc2ccc(C3SCC(=O)N3c3ccc(OC)cc3)cc2)cc1. The number of rotatable bonds is 6. The summed E-state index contributed by atoms with van der Waals surface area (Å²) in [7, 11) is 1.62. The Balaban J connectivity index is 1.48. The number of carbonyl (C=O) groups excluding carboxylic acids is 2. The monoisotopic (exact) mass is 432 g/mol. The van der Waals surface area contributed by atoms with Crippen molar-refractivity contribution in [2.45, 2.75) is 18.7 Å². The Morgan fingerprint density at radius 3 is 2.32 bits per heavy atom. The fourth-order valence-electron chi connectivity index (χ4n) is 3.52. The van der Waals surface area contributed by atoms with Crippen molar-refractivity contribution in [3.63, 3.8) is 0 Å². The molecular formula is C25H24N2O3S. The highest BCUT2D eigenvalue weighted by atomic mass is 32.2. The highest BCUT2D eigenvalue weighted by molar-refractivity contribution is 8.00. The van der Waals surface area contributed by atoms with E-state index >= 15 is 0 Å². The second-order valence-corrected chi connectivity index (χ2v) is 8.32. The largest absolute Gasteiger partial charge is 0.497 e. The Hall–Kier alpha value is -3.25. The van der Waals surface area contributed by atoms with Gasteiger partial charge >= 0.3 is 0 Å². The number of hydrogen-bond acceptors (Lipinski definition) is 4. The van der Waals surface area contributed by atoms with Gasteiger partial charge in [0.25, 0.3) is 5.91 Å². The zero-order chi connectivity index (χ0) is 21.8. The van der Waals surface area contributed by atoms with E-state index in [1.54, 1.807) is 18.9 Å². The third-order valence-electron chi connectivity index (χ3n) is 5.30. The molecule has 3 aromatic rings. The van der Waals surface area contributed by atoms with Gasteiger partial charge in [0, 0.05) is 16.9 Å². The Morgan fingerprint density at radius 1 is 1.03 bits per heavy atom. The quantitative estimate of drug-likeness (QED) is 0.575. The van der Waals surface area contributed by atoms with Crippen molar-refractivity contribution < 1.29 is 14.3 Å². The van der Waals surface area contributed by atoms with Crippen LogP contribution >= 0.6 is 11.8 Å². The highest BCUT2D eigenvalue weighted by Gasteiger charge is 2.34. The molecule has 6 heteroatoms. The number of amides is 2. The number of anilines is 2. The average Bonchev–Trinajstić information content (AvgIpc) is 3.21. The summed E-state index contributed by atoms with van der Waals surface area (Å²) >= 11 is 1.59. The Labute approximate surface area is 186 Å². The summed E-state index contributed by atoms with van der Waals surface area (Å²) in [5.41, 5.74) is 4.40. The lowest BCUT2D eigenvalue weighted by Crippen LogP contribution is -2.27. The molecule has 1 N–H and O–H groups in total. The first-order valence-electron chi connectivity index (χ1n) is 10.2. The molecule has 1 fully saturated rings. The van der Waals surface area contributed by atoms with Crippen LogP contribution in [-0.4, -0.2) is 24.7 Å². The van der Waals surface area contributed by atoms with Crippen LogP contribution in [0, 0.1) is 0 Å². The van der Waals surface area contributed by atoms with E-state index in [0.29, 0.717) is 11.3 Å². The van der Waals surface area contributed by atoms with Crippen molar-refractivity contribution in [3.05, 3.63) is 89.5 Å². The van der Waals surface area contributed by atoms with E-state index in [9.17, 15) is 9.59 Å². The summed E-state index contributed by atoms with van der Waals surface area (Å²) < 4.78 is 5.22. The lowest BCUT2D eigenvalue weighted by molar-refractivity contribution is -0.115. The second-order valence-electron chi connectivity index (χ2n) is 7.25. The minimum atomic E-state index is -0.138. The van der Waals surface area contributed by atoms with Gasteiger partial charge in [-0.3, -0.25) is 14.5 Å². The molecule has 1 heterocycles. The molecule has 0 bridgehead atoms. The van der Waals surface area contributed by atoms with Crippen molar-refractivity contribution in [2.24, 2.45) is 0 Å². The fourth-order valence-corrected chi connectivity index (χ4v) is 4.70. The maximum absolute atomic E-state index is 12.5. The third-order valence-corrected chi connectivity index (χ3v) is 6.51. The molecule has 1 saturated heterocycles. The molecule has 5 nitrogen and oxygen atoms in total. The van der Waals surface area contributed by atoms with Gasteiger partial charge < -0.3 is 10.1 Å². The summed E-state index contributed by atoms with van der Waals surface area (Å²) in [5, 5.41) is 2.83. The molecule has 1 aliphatic rings. The molecule has 1 aliphatic heterocycles. The number of aryl methyl sites for hydroxylation is 1. The molecule has 0 radical (unpaired) electrons. The molecule has 3 aromatic carbocycles. The molecule has 0 saturated carbocycles. The number of methoxy groups -OCH3 is 1. The number of benzene rings is 3. The van der Waals surface area contributed by atoms with Crippen LogP contribution in [0.4, 0.5) is 11.4 Å². The number of carbonyl (C=O) groups is 2. The summed E-state index contributed by atoms with van der Waals surface area (Å²) in [6.45, 7) is 2.09. The van der Waals surface area contributed by atoms with E-state index in [-0.39, 0.29) is 17.2 Å². The number of ether oxygens (including phenoxy) is 1. The maximum atomic E-state index is 12.5. The number of nitrogens with one attached hydrogen (secondary N) is 1. The normalized spacial score (nSPS) is 15.7. The Bertz CT molecular complexity index is 1060. The van der Waals surface area contributed by atoms with E-state index in [4.69, 9.17) is 4.74 Å². The van der Waals surface area contributed by atoms with Gasteiger partial charge in [-0.1, -0.05) is 31.2 Å². The predicted octanol–water partition coefficient (Wildman–Crippen LogP) is 5.29. The Kier molecular flexibility index (Phi) is 6.28. The van der Waals surface area contributed by atoms with Crippen molar-refractivity contribution in [2.75, 3.05) is 23.1 Å². The van der Waals surface area contributed by atoms with Crippen LogP contribution in [0.25, 0.3) is 0 Å². The van der Waals surface area contributed by atoms with Crippen LogP contribution in [0.2, 0.25) is 0 Å². The Morgan fingerprint density at radius 2 is 1.71 bits per heavy atom. The van der Waals surface area contributed by atoms with E-state index in [2.05, 4.69) is 12.2 Å². The molecule has 31 heavy (non-hydrogen) atoms. The molecule has 1 atom stereocenters. The molecule has 2 amide bonds. The summed E-state index contributed by atoms with van der Waals surface area (Å²) in [6.07, 6.45) is 0.943. The fraction of sp³-hybridized carbons (Fsp3) is 0.200. The van der Waals surface area contributed by atoms with Crippen LogP contribution in [0.15, 0.2) is 72.8 Å². The molecule has 0 aliphatic carbocycles. The van der Waals surface area contributed by atoms with Crippen molar-refractivity contribution in [1.29, 1.82) is 0 Å². The van der Waals surface area contributed by atoms with Gasteiger partial charge in [-0.05, 0) is 66.1 Å². The second kappa shape index (κ2) is 9.27. The van der Waals surface area contributed by atoms with E-state index in [1.165, 1.54) is 5.56 Å². The summed E-state index contributed by atoms with van der Waals surface area (Å²) in [4.78, 5) is 26.9. The molecule has 1 unspecified atom stereocenters. The standard InChI is InChI=1S/C25H24N2O3S/c1-3-17-4-6-18(7-5-17)24(29)26-20-10-8-19(9-11-20)25-27(23(28)16-31-25)21-12-14-22(30-2)15-13-21/h4-15,25H,3,16H2,1-2H3,(H,26,29). The van der Waals surface area contributed by atoms with Gasteiger partial charge in [-0.2, -0.15) is 0 Å². The predicted molar refractivity (Wildman–Crippen MR) is 126 cm³/mol. The molecular weight excluding hydrogens is 408 g/mol. The minimum absolute atomic E-state index is 0.0769. The number of hydrogen-bond donors (Lipinski definition) is 1. The number of thioether (sulfide) groups is 1. The molecule has 4 rings (SSSR count). The molecule has 158 valence electrons. The van der Waals surface area contributed by atoms with Gasteiger partial charge in [0.05, 0.1) is 12.9 Å². The third kappa shape index (κ3) is 4.59. The van der Waals surface area contributed by atoms with Gasteiger partial charge in [-0.15, -0.1) is 11.8 Å². The zero-order valence-corrected chi connectivity index (χ0v) is 18.3. The van der Waals surface area contributed by atoms with Crippen LogP contribution < -0.4 is 15.0 Å². The summed E-state index contributed by atoms with van der Waals surface area (Å²) in [5.74, 6) is 1.13. The molecule has 0 aromatic heterocycles. The van der Waals surface area contributed by atoms with Gasteiger partial charge in [0.2, 0.25) is 5.91 Å². The first kappa shape index (κ1) is 21.0. The van der Waals surface area contributed by atoms with E-state index in [1.807, 2.05) is 77.7 Å². The topological polar surface area (TPSA) is 58.6 Å². The van der Waals surface area contributed by atoms with E-state index < -0.39 is 0 Å². The number of nitrogens with zero attached hydrogens (tertiary/aromatic N) is 1. The van der Waals surface area contributed by atoms with Crippen molar-refractivity contribution >= 4 is 35.0 Å². The lowest BCUT2D eigenvalue weighted by Gasteiger charge is -2.24. The average molecular weight is 433 g/mol. The van der Waals surface area contributed by atoms with Gasteiger partial charge in [0.1, 0.15) is 11.1 Å². The highest BCUT2D eigenvalue weighted by Crippen LogP contribution is 2.42. The van der Waals surface area contributed by atoms with Crippen LogP contribution in [0.1, 0.15) is 33.8 Å². The smallest absolute Gasteiger partial charge is 0.255 e. The lowest BCUT2D eigenvalue weighted by atomic mass is 10.1. The first-order valence-corrected chi connectivity index (χ1v) is 11.2. The van der Waals surface area contributed by atoms with Gasteiger partial charge in [0.15, 0.2) is 0 Å². The zero-order valence-electron chi connectivity index (χ0n) is 17.5. The van der Waals surface area contributed by atoms with Gasteiger partial charge in [-0.25, -0.2) is 0 Å².